The topological polar surface area (TPSA) is 62.9 Å². The Bertz CT molecular complexity index is 761. The normalized spacial score (nSPS) is 19.7. The molecule has 0 spiro atoms. The van der Waals surface area contributed by atoms with Gasteiger partial charge in [-0.25, -0.2) is 0 Å². The second kappa shape index (κ2) is 6.56. The van der Waals surface area contributed by atoms with Gasteiger partial charge in [0.25, 0.3) is 5.91 Å². The van der Waals surface area contributed by atoms with Crippen LogP contribution >= 0.6 is 0 Å². The quantitative estimate of drug-likeness (QED) is 0.924. The third-order valence-electron chi connectivity index (χ3n) is 5.11. The minimum Gasteiger partial charge on any atom is -0.497 e. The molecule has 1 aromatic carbocycles. The monoisotopic (exact) mass is 343 g/mol. The molecule has 0 bridgehead atoms. The molecule has 134 valence electrons. The number of hydrogen-bond acceptors (Lipinski definition) is 4. The lowest BCUT2D eigenvalue weighted by molar-refractivity contribution is -0.0177. The van der Waals surface area contributed by atoms with Crippen molar-refractivity contribution in [3.05, 3.63) is 53.0 Å². The number of rotatable bonds is 4. The minimum atomic E-state index is -1.13. The van der Waals surface area contributed by atoms with Crippen molar-refractivity contribution >= 4 is 5.91 Å². The minimum absolute atomic E-state index is 0.0781. The summed E-state index contributed by atoms with van der Waals surface area (Å²) in [5, 5.41) is 11.2. The van der Waals surface area contributed by atoms with Crippen molar-refractivity contribution in [3.63, 3.8) is 0 Å². The van der Waals surface area contributed by atoms with Crippen molar-refractivity contribution in [2.45, 2.75) is 45.3 Å². The van der Waals surface area contributed by atoms with Crippen molar-refractivity contribution < 1.29 is 19.1 Å². The summed E-state index contributed by atoms with van der Waals surface area (Å²) in [6, 6.07) is 8.86. The highest BCUT2D eigenvalue weighted by molar-refractivity contribution is 5.95. The summed E-state index contributed by atoms with van der Waals surface area (Å²) < 4.78 is 10.7. The first-order chi connectivity index (χ1) is 11.8. The highest BCUT2D eigenvalue weighted by atomic mass is 16.5. The van der Waals surface area contributed by atoms with Crippen molar-refractivity contribution in [3.8, 4) is 5.75 Å². The first-order valence-electron chi connectivity index (χ1n) is 8.59. The maximum atomic E-state index is 13.0. The molecule has 3 rings (SSSR count). The molecule has 1 aliphatic heterocycles. The Balaban J connectivity index is 1.89. The zero-order valence-corrected chi connectivity index (χ0v) is 15.2. The standard InChI is InChI=1S/C20H25NO4/c1-13-12-17(14(2)25-13)19(22)21-11-5-6-18(21)20(3,23)15-7-9-16(24-4)10-8-15/h7-10,12,18,23H,5-6,11H2,1-4H3/t18-,20-/m1/s1. The van der Waals surface area contributed by atoms with E-state index >= 15 is 0 Å². The number of amides is 1. The van der Waals surface area contributed by atoms with Gasteiger partial charge in [-0.15, -0.1) is 0 Å². The Morgan fingerprint density at radius 3 is 2.56 bits per heavy atom. The lowest BCUT2D eigenvalue weighted by Crippen LogP contribution is -2.48. The van der Waals surface area contributed by atoms with Gasteiger partial charge in [0.05, 0.1) is 18.7 Å². The molecule has 0 aliphatic carbocycles. The number of nitrogens with zero attached hydrogens (tertiary/aromatic N) is 1. The fraction of sp³-hybridized carbons (Fsp3) is 0.450. The molecule has 1 aromatic heterocycles. The Hall–Kier alpha value is -2.27. The molecule has 5 heteroatoms. The molecule has 0 saturated carbocycles. The van der Waals surface area contributed by atoms with Gasteiger partial charge >= 0.3 is 0 Å². The average Bonchev–Trinajstić information content (AvgIpc) is 3.21. The summed E-state index contributed by atoms with van der Waals surface area (Å²) >= 11 is 0. The van der Waals surface area contributed by atoms with Gasteiger partial charge in [0.1, 0.15) is 22.9 Å². The van der Waals surface area contributed by atoms with Gasteiger partial charge in [-0.3, -0.25) is 4.79 Å². The number of furan rings is 1. The maximum absolute atomic E-state index is 13.0. The van der Waals surface area contributed by atoms with Crippen LogP contribution in [0.5, 0.6) is 5.75 Å². The zero-order chi connectivity index (χ0) is 18.2. The number of benzene rings is 1. The molecular weight excluding hydrogens is 318 g/mol. The number of hydrogen-bond donors (Lipinski definition) is 1. The molecule has 1 N–H and O–H groups in total. The summed E-state index contributed by atoms with van der Waals surface area (Å²) in [5.41, 5.74) is 0.221. The molecule has 0 radical (unpaired) electrons. The van der Waals surface area contributed by atoms with Crippen molar-refractivity contribution in [2.24, 2.45) is 0 Å². The number of likely N-dealkylation sites (tertiary alicyclic amines) is 1. The number of carbonyl (C=O) groups is 1. The third kappa shape index (κ3) is 3.16. The highest BCUT2D eigenvalue weighted by Crippen LogP contribution is 2.36. The van der Waals surface area contributed by atoms with Crippen LogP contribution in [0.4, 0.5) is 0 Å². The molecule has 1 aliphatic rings. The van der Waals surface area contributed by atoms with Crippen LogP contribution in [0.2, 0.25) is 0 Å². The number of methoxy groups -OCH3 is 1. The van der Waals surface area contributed by atoms with Gasteiger partial charge in [-0.2, -0.15) is 0 Å². The van der Waals surface area contributed by atoms with E-state index in [2.05, 4.69) is 0 Å². The summed E-state index contributed by atoms with van der Waals surface area (Å²) in [6.07, 6.45) is 1.64. The summed E-state index contributed by atoms with van der Waals surface area (Å²) in [6.45, 7) is 6.05. The molecular formula is C20H25NO4. The Labute approximate surface area is 148 Å². The first kappa shape index (κ1) is 17.5. The number of aliphatic hydroxyl groups is 1. The van der Waals surface area contributed by atoms with Crippen LogP contribution in [0, 0.1) is 13.8 Å². The van der Waals surface area contributed by atoms with Crippen LogP contribution in [-0.2, 0) is 5.60 Å². The lowest BCUT2D eigenvalue weighted by Gasteiger charge is -2.37. The van der Waals surface area contributed by atoms with Crippen LogP contribution in [0.1, 0.15) is 47.2 Å². The van der Waals surface area contributed by atoms with Gasteiger partial charge in [0.15, 0.2) is 0 Å². The van der Waals surface area contributed by atoms with Gasteiger partial charge in [0, 0.05) is 6.54 Å². The van der Waals surface area contributed by atoms with Gasteiger partial charge < -0.3 is 19.2 Å². The van der Waals surface area contributed by atoms with Crippen LogP contribution in [0.15, 0.2) is 34.7 Å². The van der Waals surface area contributed by atoms with E-state index in [-0.39, 0.29) is 11.9 Å². The van der Waals surface area contributed by atoms with E-state index in [9.17, 15) is 9.90 Å². The molecule has 25 heavy (non-hydrogen) atoms. The van der Waals surface area contributed by atoms with E-state index < -0.39 is 5.60 Å². The predicted octanol–water partition coefficient (Wildman–Crippen LogP) is 3.42. The largest absolute Gasteiger partial charge is 0.497 e. The first-order valence-corrected chi connectivity index (χ1v) is 8.59. The molecule has 1 amide bonds. The summed E-state index contributed by atoms with van der Waals surface area (Å²) in [5.74, 6) is 2.00. The second-order valence-electron chi connectivity index (χ2n) is 6.86. The third-order valence-corrected chi connectivity index (χ3v) is 5.11. The SMILES string of the molecule is COc1ccc([C@@](C)(O)[C@H]2CCCN2C(=O)c2cc(C)oc2C)cc1. The Morgan fingerprint density at radius 2 is 2.00 bits per heavy atom. The van der Waals surface area contributed by atoms with Crippen molar-refractivity contribution in [1.82, 2.24) is 4.90 Å². The van der Waals surface area contributed by atoms with Crippen molar-refractivity contribution in [1.29, 1.82) is 0 Å². The zero-order valence-electron chi connectivity index (χ0n) is 15.2. The van der Waals surface area contributed by atoms with Gasteiger partial charge in [-0.1, -0.05) is 12.1 Å². The van der Waals surface area contributed by atoms with E-state index in [0.717, 1.165) is 29.9 Å². The summed E-state index contributed by atoms with van der Waals surface area (Å²) in [7, 11) is 1.61. The van der Waals surface area contributed by atoms with Crippen LogP contribution in [0.3, 0.4) is 0 Å². The van der Waals surface area contributed by atoms with Crippen LogP contribution < -0.4 is 4.74 Å². The van der Waals surface area contributed by atoms with Crippen molar-refractivity contribution in [2.75, 3.05) is 13.7 Å². The fourth-order valence-corrected chi connectivity index (χ4v) is 3.71. The molecule has 2 atom stereocenters. The van der Waals surface area contributed by atoms with Gasteiger partial charge in [-0.05, 0) is 57.4 Å². The second-order valence-corrected chi connectivity index (χ2v) is 6.86. The molecule has 1 saturated heterocycles. The molecule has 2 aromatic rings. The maximum Gasteiger partial charge on any atom is 0.257 e. The summed E-state index contributed by atoms with van der Waals surface area (Å²) in [4.78, 5) is 14.8. The average molecular weight is 343 g/mol. The van der Waals surface area contributed by atoms with Crippen LogP contribution in [-0.4, -0.2) is 35.6 Å². The molecule has 5 nitrogen and oxygen atoms in total. The number of carbonyl (C=O) groups excluding carboxylic acids is 1. The van der Waals surface area contributed by atoms with E-state index in [0.29, 0.717) is 17.9 Å². The predicted molar refractivity (Wildman–Crippen MR) is 94.8 cm³/mol. The number of ether oxygens (including phenoxy) is 1. The smallest absolute Gasteiger partial charge is 0.257 e. The van der Waals surface area contributed by atoms with E-state index in [1.807, 2.05) is 31.2 Å². The highest BCUT2D eigenvalue weighted by Gasteiger charge is 2.43. The van der Waals surface area contributed by atoms with Gasteiger partial charge in [0.2, 0.25) is 0 Å². The lowest BCUT2D eigenvalue weighted by atomic mass is 9.86. The molecule has 0 unspecified atom stereocenters. The Morgan fingerprint density at radius 1 is 1.32 bits per heavy atom. The fourth-order valence-electron chi connectivity index (χ4n) is 3.71. The van der Waals surface area contributed by atoms with E-state index in [4.69, 9.17) is 9.15 Å². The van der Waals surface area contributed by atoms with Crippen LogP contribution in [0.25, 0.3) is 0 Å². The molecule has 1 fully saturated rings. The molecule has 2 heterocycles. The van der Waals surface area contributed by atoms with E-state index in [1.165, 1.54) is 0 Å². The van der Waals surface area contributed by atoms with E-state index in [1.54, 1.807) is 31.9 Å². The Kier molecular flexibility index (Phi) is 4.60. The number of aryl methyl sites for hydroxylation is 2.